The van der Waals surface area contributed by atoms with Crippen molar-refractivity contribution in [3.63, 3.8) is 0 Å². The molecule has 1 N–H and O–H groups in total. The van der Waals surface area contributed by atoms with Gasteiger partial charge in [-0.1, -0.05) is 11.8 Å². The minimum atomic E-state index is 0.211. The van der Waals surface area contributed by atoms with Crippen LogP contribution in [0.2, 0.25) is 0 Å². The van der Waals surface area contributed by atoms with Crippen LogP contribution in [0, 0.1) is 0 Å². The van der Waals surface area contributed by atoms with Gasteiger partial charge in [0.15, 0.2) is 0 Å². The zero-order valence-electron chi connectivity index (χ0n) is 16.2. The van der Waals surface area contributed by atoms with Crippen LogP contribution < -0.4 is 9.47 Å². The van der Waals surface area contributed by atoms with Gasteiger partial charge < -0.3 is 24.0 Å². The van der Waals surface area contributed by atoms with Crippen molar-refractivity contribution in [2.45, 2.75) is 18.3 Å². The smallest absolute Gasteiger partial charge is 0.146 e. The van der Waals surface area contributed by atoms with Gasteiger partial charge >= 0.3 is 0 Å². The van der Waals surface area contributed by atoms with E-state index in [0.29, 0.717) is 36.8 Å². The van der Waals surface area contributed by atoms with E-state index in [0.717, 1.165) is 33.6 Å². The highest BCUT2D eigenvalue weighted by atomic mass is 32.2. The number of carbonyl (C=O) groups excluding carboxylic acids is 1. The highest BCUT2D eigenvalue weighted by Gasteiger charge is 2.22. The summed E-state index contributed by atoms with van der Waals surface area (Å²) in [6.45, 7) is 1.12. The highest BCUT2D eigenvalue weighted by molar-refractivity contribution is 8.15. The number of ether oxygens (including phenoxy) is 3. The molecule has 0 amide bonds. The first-order valence-electron chi connectivity index (χ1n) is 9.17. The Hall–Kier alpha value is -2.84. The monoisotopic (exact) mass is 411 g/mol. The van der Waals surface area contributed by atoms with Gasteiger partial charge in [0.2, 0.25) is 0 Å². The third-order valence-electron chi connectivity index (χ3n) is 4.52. The Morgan fingerprint density at radius 1 is 1.24 bits per heavy atom. The van der Waals surface area contributed by atoms with E-state index in [2.05, 4.69) is 15.0 Å². The molecule has 3 heterocycles. The van der Waals surface area contributed by atoms with E-state index in [1.807, 2.05) is 30.3 Å². The Bertz CT molecular complexity index is 1050. The molecule has 3 aromatic rings. The average molecular weight is 411 g/mol. The maximum Gasteiger partial charge on any atom is 0.146 e. The second kappa shape index (κ2) is 8.67. The molecule has 1 aliphatic heterocycles. The lowest BCUT2D eigenvalue weighted by molar-refractivity contribution is -0.107. The fourth-order valence-corrected chi connectivity index (χ4v) is 4.18. The Balaban J connectivity index is 1.59. The van der Waals surface area contributed by atoms with Crippen molar-refractivity contribution in [3.8, 4) is 17.2 Å². The summed E-state index contributed by atoms with van der Waals surface area (Å²) in [6.07, 6.45) is 3.13. The van der Waals surface area contributed by atoms with Crippen LogP contribution in [0.4, 0.5) is 0 Å². The number of benzene rings is 1. The first-order valence-corrected chi connectivity index (χ1v) is 10.1. The lowest BCUT2D eigenvalue weighted by Gasteiger charge is -2.09. The second-order valence-electron chi connectivity index (χ2n) is 6.58. The van der Waals surface area contributed by atoms with Gasteiger partial charge in [-0.05, 0) is 24.3 Å². The van der Waals surface area contributed by atoms with Gasteiger partial charge in [-0.2, -0.15) is 0 Å². The first kappa shape index (κ1) is 19.5. The van der Waals surface area contributed by atoms with Crippen LogP contribution in [0.25, 0.3) is 10.9 Å². The minimum Gasteiger partial charge on any atom is -0.494 e. The van der Waals surface area contributed by atoms with Crippen LogP contribution in [-0.4, -0.2) is 47.3 Å². The maximum absolute atomic E-state index is 10.8. The molecule has 150 valence electrons. The van der Waals surface area contributed by atoms with Crippen LogP contribution in [0.5, 0.6) is 17.2 Å². The number of pyridine rings is 1. The summed E-state index contributed by atoms with van der Waals surface area (Å²) in [6, 6.07) is 9.54. The van der Waals surface area contributed by atoms with Crippen LogP contribution in [-0.2, 0) is 16.1 Å². The molecule has 4 rings (SSSR count). The van der Waals surface area contributed by atoms with E-state index in [1.165, 1.54) is 0 Å². The molecule has 7 nitrogen and oxygen atoms in total. The lowest BCUT2D eigenvalue weighted by Crippen LogP contribution is -2.03. The van der Waals surface area contributed by atoms with Crippen LogP contribution >= 0.6 is 11.8 Å². The van der Waals surface area contributed by atoms with Crippen LogP contribution in [0.1, 0.15) is 17.8 Å². The largest absolute Gasteiger partial charge is 0.494 e. The summed E-state index contributed by atoms with van der Waals surface area (Å²) >= 11 is 1.63. The molecule has 1 atom stereocenters. The molecule has 0 aliphatic carbocycles. The maximum atomic E-state index is 10.8. The summed E-state index contributed by atoms with van der Waals surface area (Å²) < 4.78 is 16.6. The molecule has 1 aromatic carbocycles. The predicted octanol–water partition coefficient (Wildman–Crippen LogP) is 3.96. The molecule has 0 radical (unpaired) electrons. The van der Waals surface area contributed by atoms with Crippen molar-refractivity contribution in [1.82, 2.24) is 9.97 Å². The fourth-order valence-electron chi connectivity index (χ4n) is 3.16. The normalized spacial score (nSPS) is 16.1. The number of carbonyl (C=O) groups is 1. The van der Waals surface area contributed by atoms with Gasteiger partial charge in [-0.3, -0.25) is 9.98 Å². The van der Waals surface area contributed by atoms with Crippen molar-refractivity contribution >= 4 is 34.0 Å². The molecule has 0 spiro atoms. The van der Waals surface area contributed by atoms with Gasteiger partial charge in [0, 0.05) is 30.2 Å². The molecule has 0 fully saturated rings. The summed E-state index contributed by atoms with van der Waals surface area (Å²) in [5.74, 6) is 1.97. The highest BCUT2D eigenvalue weighted by Crippen LogP contribution is 2.35. The van der Waals surface area contributed by atoms with Gasteiger partial charge in [-0.15, -0.1) is 0 Å². The Kier molecular flexibility index (Phi) is 5.82. The standard InChI is InChI=1S/C21H21N3O4S/c1-26-12-14-3-4-15(10-22-14)28-16-7-13-8-18(24-20(13)19(9-16)27-2)21-23-11-17(29-21)5-6-25/h3-4,6-10,17,24H,5,11-12H2,1-2H3. The number of aliphatic imine (C=N–C) groups is 1. The SMILES string of the molecule is COCc1ccc(Oc2cc(OC)c3[nH]c(C4=NCC(CC=O)S4)cc3c2)cn1. The Morgan fingerprint density at radius 2 is 2.14 bits per heavy atom. The topological polar surface area (TPSA) is 85.8 Å². The molecule has 0 saturated heterocycles. The number of nitrogens with one attached hydrogen (secondary N) is 1. The van der Waals surface area contributed by atoms with Crippen molar-refractivity contribution in [2.75, 3.05) is 20.8 Å². The molecular weight excluding hydrogens is 390 g/mol. The molecule has 29 heavy (non-hydrogen) atoms. The molecule has 1 unspecified atom stereocenters. The van der Waals surface area contributed by atoms with Gasteiger partial charge in [-0.25, -0.2) is 0 Å². The van der Waals surface area contributed by atoms with E-state index in [1.54, 1.807) is 32.2 Å². The number of hydrogen-bond donors (Lipinski definition) is 1. The van der Waals surface area contributed by atoms with E-state index in [4.69, 9.17) is 14.2 Å². The average Bonchev–Trinajstić information content (AvgIpc) is 3.36. The molecular formula is C21H21N3O4S. The van der Waals surface area contributed by atoms with E-state index in [-0.39, 0.29) is 5.25 Å². The van der Waals surface area contributed by atoms with Crippen LogP contribution in [0.3, 0.4) is 0 Å². The first-order chi connectivity index (χ1) is 14.2. The number of aromatic amines is 1. The number of H-pyrrole nitrogens is 1. The van der Waals surface area contributed by atoms with Gasteiger partial charge in [0.25, 0.3) is 0 Å². The molecule has 0 saturated carbocycles. The summed E-state index contributed by atoms with van der Waals surface area (Å²) in [5, 5.41) is 2.08. The number of methoxy groups -OCH3 is 2. The van der Waals surface area contributed by atoms with Crippen molar-refractivity contribution in [2.24, 2.45) is 4.99 Å². The molecule has 0 bridgehead atoms. The minimum absolute atomic E-state index is 0.211. The number of aromatic nitrogens is 2. The number of hydrogen-bond acceptors (Lipinski definition) is 7. The quantitative estimate of drug-likeness (QED) is 0.565. The number of aldehydes is 1. The van der Waals surface area contributed by atoms with Crippen molar-refractivity contribution in [3.05, 3.63) is 47.9 Å². The lowest BCUT2D eigenvalue weighted by atomic mass is 10.2. The molecule has 1 aliphatic rings. The number of thioether (sulfide) groups is 1. The Morgan fingerprint density at radius 3 is 2.86 bits per heavy atom. The van der Waals surface area contributed by atoms with E-state index in [9.17, 15) is 4.79 Å². The zero-order valence-corrected chi connectivity index (χ0v) is 17.0. The van der Waals surface area contributed by atoms with Gasteiger partial charge in [0.1, 0.15) is 28.6 Å². The van der Waals surface area contributed by atoms with E-state index < -0.39 is 0 Å². The van der Waals surface area contributed by atoms with E-state index >= 15 is 0 Å². The zero-order chi connectivity index (χ0) is 20.2. The predicted molar refractivity (Wildman–Crippen MR) is 113 cm³/mol. The van der Waals surface area contributed by atoms with Gasteiger partial charge in [0.05, 0.1) is 43.4 Å². The van der Waals surface area contributed by atoms with Crippen molar-refractivity contribution < 1.29 is 19.0 Å². The van der Waals surface area contributed by atoms with Crippen molar-refractivity contribution in [1.29, 1.82) is 0 Å². The number of rotatable bonds is 8. The summed E-state index contributed by atoms with van der Waals surface area (Å²) in [5.41, 5.74) is 2.64. The summed E-state index contributed by atoms with van der Waals surface area (Å²) in [4.78, 5) is 23.0. The molecule has 2 aromatic heterocycles. The second-order valence-corrected chi connectivity index (χ2v) is 7.87. The number of fused-ring (bicyclic) bond motifs is 1. The van der Waals surface area contributed by atoms with Crippen LogP contribution in [0.15, 0.2) is 41.5 Å². The third-order valence-corrected chi connectivity index (χ3v) is 5.76. The number of nitrogens with zero attached hydrogens (tertiary/aromatic N) is 2. The fraction of sp³-hybridized carbons (Fsp3) is 0.286. The summed E-state index contributed by atoms with van der Waals surface area (Å²) in [7, 11) is 3.26. The Labute approximate surface area is 172 Å². The third kappa shape index (κ3) is 4.28. The molecule has 8 heteroatoms.